The van der Waals surface area contributed by atoms with Gasteiger partial charge in [-0.15, -0.1) is 0 Å². The number of carbonyl (C=O) groups is 3. The minimum absolute atomic E-state index is 0.0256. The number of nitrogens with zero attached hydrogens (tertiary/aromatic N) is 3. The van der Waals surface area contributed by atoms with E-state index < -0.39 is 47.4 Å². The zero-order valence-corrected chi connectivity index (χ0v) is 30.9. The highest BCUT2D eigenvalue weighted by molar-refractivity contribution is 6.04. The molecule has 4 rings (SSSR count). The average molecular weight is 674 g/mol. The second-order valence-electron chi connectivity index (χ2n) is 15.6. The quantitative estimate of drug-likeness (QED) is 0.312. The summed E-state index contributed by atoms with van der Waals surface area (Å²) in [6.45, 7) is 13.9. The van der Waals surface area contributed by atoms with Crippen LogP contribution in [0.15, 0.2) is 30.3 Å². The molecule has 0 aromatic heterocycles. The van der Waals surface area contributed by atoms with Gasteiger partial charge in [-0.2, -0.15) is 0 Å². The third-order valence-electron chi connectivity index (χ3n) is 10.8. The Morgan fingerprint density at radius 1 is 1.00 bits per heavy atom. The van der Waals surface area contributed by atoms with E-state index in [9.17, 15) is 14.4 Å². The summed E-state index contributed by atoms with van der Waals surface area (Å²) in [5, 5.41) is 0. The largest absolute Gasteiger partial charge is 0.463 e. The Morgan fingerprint density at radius 2 is 1.65 bits per heavy atom. The van der Waals surface area contributed by atoms with Gasteiger partial charge in [0, 0.05) is 44.6 Å². The summed E-state index contributed by atoms with van der Waals surface area (Å²) in [4.78, 5) is 48.0. The Bertz CT molecular complexity index is 1250. The lowest BCUT2D eigenvalue weighted by atomic mass is 9.74. The van der Waals surface area contributed by atoms with Gasteiger partial charge < -0.3 is 33.5 Å². The zero-order chi connectivity index (χ0) is 35.6. The average Bonchev–Trinajstić information content (AvgIpc) is 3.02. The molecule has 9 atom stereocenters. The fraction of sp³-hybridized carbons (Fsp3) is 0.757. The van der Waals surface area contributed by atoms with Crippen LogP contribution in [-0.4, -0.2) is 136 Å². The molecule has 11 heteroatoms. The van der Waals surface area contributed by atoms with Crippen molar-refractivity contribution < 1.29 is 38.1 Å². The second-order valence-corrected chi connectivity index (χ2v) is 15.6. The number of carbonyl (C=O) groups excluding carboxylic acids is 3. The van der Waals surface area contributed by atoms with Crippen LogP contribution in [0.5, 0.6) is 0 Å². The maximum absolute atomic E-state index is 14.4. The SMILES string of the molecule is CO[C@]1(C)C[C@@H](C)CN(C)[C@H](C2CN(C)C2)COC(=O)C(C)(C)C(=O)[C@H](C)[C@H]1O[C@@H]1O[C@H](C)C[C@H](N(C)C)[C@H]1OC(=O)c1ccccc1. The Morgan fingerprint density at radius 3 is 2.23 bits per heavy atom. The number of methoxy groups -OCH3 is 1. The van der Waals surface area contributed by atoms with Crippen LogP contribution < -0.4 is 0 Å². The van der Waals surface area contributed by atoms with Crippen molar-refractivity contribution in [1.29, 1.82) is 0 Å². The number of benzene rings is 1. The van der Waals surface area contributed by atoms with Gasteiger partial charge in [-0.1, -0.05) is 32.0 Å². The Labute approximate surface area is 287 Å². The molecule has 3 fully saturated rings. The van der Waals surface area contributed by atoms with Crippen LogP contribution in [0.3, 0.4) is 0 Å². The minimum Gasteiger partial charge on any atom is -0.463 e. The summed E-state index contributed by atoms with van der Waals surface area (Å²) >= 11 is 0. The van der Waals surface area contributed by atoms with Crippen molar-refractivity contribution in [2.45, 2.75) is 96.7 Å². The fourth-order valence-corrected chi connectivity index (χ4v) is 7.93. The standard InChI is InChI=1S/C37H59N3O8/c1-23-18-37(6,44-11)32(25(3)31(41)36(4,5)35(43)45-22-29(40(10)19-23)27-20-39(9)21-27)48-34-30(28(38(7)8)17-24(2)46-34)47-33(42)26-15-13-12-14-16-26/h12-16,23-25,27-30,32,34H,17-22H2,1-11H3/t23-,24-,25+,28+,29+,30-,32-,34+,37-/m1/s1. The molecule has 0 bridgehead atoms. The van der Waals surface area contributed by atoms with E-state index in [1.165, 1.54) is 0 Å². The topological polar surface area (TPSA) is 107 Å². The molecule has 0 spiro atoms. The summed E-state index contributed by atoms with van der Waals surface area (Å²) in [5.74, 6) is -1.67. The Kier molecular flexibility index (Phi) is 12.5. The highest BCUT2D eigenvalue weighted by atomic mass is 16.7. The van der Waals surface area contributed by atoms with Gasteiger partial charge in [0.1, 0.15) is 12.0 Å². The van der Waals surface area contributed by atoms with Gasteiger partial charge in [-0.05, 0) is 86.8 Å². The highest BCUT2D eigenvalue weighted by Gasteiger charge is 2.52. The van der Waals surface area contributed by atoms with Crippen LogP contribution in [0, 0.1) is 23.2 Å². The van der Waals surface area contributed by atoms with E-state index in [1.54, 1.807) is 52.1 Å². The first-order chi connectivity index (χ1) is 22.5. The number of ether oxygens (including phenoxy) is 5. The molecule has 270 valence electrons. The number of ketones is 1. The minimum atomic E-state index is -1.44. The monoisotopic (exact) mass is 673 g/mol. The molecular weight excluding hydrogens is 614 g/mol. The molecule has 0 saturated carbocycles. The Balaban J connectivity index is 1.72. The molecule has 0 N–H and O–H groups in total. The van der Waals surface area contributed by atoms with Crippen molar-refractivity contribution in [2.75, 3.05) is 61.5 Å². The molecule has 0 unspecified atom stereocenters. The summed E-state index contributed by atoms with van der Waals surface area (Å²) < 4.78 is 31.8. The van der Waals surface area contributed by atoms with Crippen molar-refractivity contribution in [3.63, 3.8) is 0 Å². The number of hydrogen-bond donors (Lipinski definition) is 0. The van der Waals surface area contributed by atoms with E-state index in [0.717, 1.165) is 19.6 Å². The molecule has 48 heavy (non-hydrogen) atoms. The smallest absolute Gasteiger partial charge is 0.338 e. The van der Waals surface area contributed by atoms with Crippen molar-refractivity contribution in [1.82, 2.24) is 14.7 Å². The maximum atomic E-state index is 14.4. The molecule has 0 amide bonds. The third kappa shape index (κ3) is 8.47. The normalized spacial score (nSPS) is 36.3. The van der Waals surface area contributed by atoms with E-state index >= 15 is 0 Å². The van der Waals surface area contributed by atoms with Crippen molar-refractivity contribution in [2.24, 2.45) is 23.2 Å². The van der Waals surface area contributed by atoms with Gasteiger partial charge in [0.2, 0.25) is 0 Å². The van der Waals surface area contributed by atoms with E-state index in [2.05, 4.69) is 30.8 Å². The van der Waals surface area contributed by atoms with Gasteiger partial charge in [0.05, 0.1) is 29.4 Å². The number of cyclic esters (lactones) is 1. The number of rotatable bonds is 7. The van der Waals surface area contributed by atoms with Crippen LogP contribution in [0.25, 0.3) is 0 Å². The van der Waals surface area contributed by atoms with Crippen molar-refractivity contribution in [3.05, 3.63) is 35.9 Å². The van der Waals surface area contributed by atoms with Gasteiger partial charge in [-0.3, -0.25) is 14.5 Å². The van der Waals surface area contributed by atoms with Crippen LogP contribution in [0.4, 0.5) is 0 Å². The number of likely N-dealkylation sites (tertiary alicyclic amines) is 1. The maximum Gasteiger partial charge on any atom is 0.338 e. The van der Waals surface area contributed by atoms with Gasteiger partial charge >= 0.3 is 11.9 Å². The molecule has 1 aromatic carbocycles. The summed E-state index contributed by atoms with van der Waals surface area (Å²) in [6, 6.07) is 8.64. The predicted molar refractivity (Wildman–Crippen MR) is 182 cm³/mol. The molecule has 0 radical (unpaired) electrons. The predicted octanol–water partition coefficient (Wildman–Crippen LogP) is 3.74. The zero-order valence-electron chi connectivity index (χ0n) is 30.9. The number of hydrogen-bond acceptors (Lipinski definition) is 11. The fourth-order valence-electron chi connectivity index (χ4n) is 7.93. The second kappa shape index (κ2) is 15.6. The molecule has 3 aliphatic heterocycles. The van der Waals surface area contributed by atoms with Crippen molar-refractivity contribution >= 4 is 17.7 Å². The summed E-state index contributed by atoms with van der Waals surface area (Å²) in [6.07, 6.45) is -1.71. The molecule has 3 heterocycles. The number of Topliss-reactive ketones (excluding diaryl/α,β-unsaturated/α-hetero) is 1. The molecule has 3 aliphatic rings. The first-order valence-electron chi connectivity index (χ1n) is 17.4. The molecule has 3 saturated heterocycles. The van der Waals surface area contributed by atoms with Crippen molar-refractivity contribution in [3.8, 4) is 0 Å². The molecule has 0 aliphatic carbocycles. The number of esters is 2. The number of likely N-dealkylation sites (N-methyl/N-ethyl adjacent to an activating group) is 2. The first kappa shape index (κ1) is 38.4. The first-order valence-corrected chi connectivity index (χ1v) is 17.4. The van der Waals surface area contributed by atoms with Gasteiger partial charge in [-0.25, -0.2) is 4.79 Å². The van der Waals surface area contributed by atoms with Gasteiger partial charge in [0.15, 0.2) is 18.2 Å². The molecule has 11 nitrogen and oxygen atoms in total. The Hall–Kier alpha value is -2.41. The van der Waals surface area contributed by atoms with E-state index in [1.807, 2.05) is 38.9 Å². The van der Waals surface area contributed by atoms with E-state index in [4.69, 9.17) is 23.7 Å². The third-order valence-corrected chi connectivity index (χ3v) is 10.8. The van der Waals surface area contributed by atoms with Crippen LogP contribution in [-0.2, 0) is 33.3 Å². The summed E-state index contributed by atoms with van der Waals surface area (Å²) in [7, 11) is 9.68. The summed E-state index contributed by atoms with van der Waals surface area (Å²) in [5.41, 5.74) is -1.99. The van der Waals surface area contributed by atoms with Crippen LogP contribution >= 0.6 is 0 Å². The molecular formula is C37H59N3O8. The van der Waals surface area contributed by atoms with E-state index in [-0.39, 0.29) is 36.5 Å². The molecule has 1 aromatic rings. The van der Waals surface area contributed by atoms with Crippen LogP contribution in [0.2, 0.25) is 0 Å². The lowest BCUT2D eigenvalue weighted by Gasteiger charge is -2.48. The van der Waals surface area contributed by atoms with E-state index in [0.29, 0.717) is 24.3 Å². The highest BCUT2D eigenvalue weighted by Crippen LogP contribution is 2.39. The van der Waals surface area contributed by atoms with Crippen LogP contribution in [0.1, 0.15) is 64.7 Å². The lowest BCUT2D eigenvalue weighted by molar-refractivity contribution is -0.295. The van der Waals surface area contributed by atoms with Gasteiger partial charge in [0.25, 0.3) is 0 Å². The lowest BCUT2D eigenvalue weighted by Crippen LogP contribution is -2.60.